The van der Waals surface area contributed by atoms with Gasteiger partial charge in [0.05, 0.1) is 42.1 Å². The second-order valence-electron chi connectivity index (χ2n) is 4.35. The highest BCUT2D eigenvalue weighted by molar-refractivity contribution is 5.65. The third-order valence-electron chi connectivity index (χ3n) is 3.18. The minimum Gasteiger partial charge on any atom is -0.374 e. The number of rotatable bonds is 8. The maximum absolute atomic E-state index is 10.9. The summed E-state index contributed by atoms with van der Waals surface area (Å²) >= 11 is 0. The molecule has 1 aromatic rings. The molecule has 0 aliphatic heterocycles. The summed E-state index contributed by atoms with van der Waals surface area (Å²) in [6.45, 7) is 7.54. The predicted molar refractivity (Wildman–Crippen MR) is 75.2 cm³/mol. The summed E-state index contributed by atoms with van der Waals surface area (Å²) in [6.07, 6.45) is 0. The van der Waals surface area contributed by atoms with Gasteiger partial charge in [0.25, 0.3) is 11.4 Å². The molecule has 0 saturated carbocycles. The normalized spacial score (nSPS) is 10.6. The van der Waals surface area contributed by atoms with Crippen LogP contribution in [-0.2, 0) is 0 Å². The maximum atomic E-state index is 10.9. The van der Waals surface area contributed by atoms with Gasteiger partial charge >= 0.3 is 0 Å². The molecule has 1 aromatic carbocycles. The summed E-state index contributed by atoms with van der Waals surface area (Å²) in [5.74, 6) is 0. The van der Waals surface area contributed by atoms with Gasteiger partial charge in [0.1, 0.15) is 5.69 Å². The molecular formula is C12H19N4O4+. The Morgan fingerprint density at radius 2 is 1.80 bits per heavy atom. The first-order valence-electron chi connectivity index (χ1n) is 6.49. The highest BCUT2D eigenvalue weighted by atomic mass is 16.6. The highest BCUT2D eigenvalue weighted by Crippen LogP contribution is 2.28. The zero-order valence-electron chi connectivity index (χ0n) is 11.6. The van der Waals surface area contributed by atoms with E-state index in [9.17, 15) is 20.2 Å². The van der Waals surface area contributed by atoms with E-state index in [4.69, 9.17) is 0 Å². The Morgan fingerprint density at radius 3 is 2.30 bits per heavy atom. The molecule has 0 saturated heterocycles. The number of likely N-dealkylation sites (N-methyl/N-ethyl adjacent to an activating group) is 1. The highest BCUT2D eigenvalue weighted by Gasteiger charge is 2.19. The van der Waals surface area contributed by atoms with E-state index in [0.29, 0.717) is 12.2 Å². The Kier molecular flexibility index (Phi) is 5.85. The molecule has 20 heavy (non-hydrogen) atoms. The van der Waals surface area contributed by atoms with Crippen LogP contribution in [-0.4, -0.2) is 36.0 Å². The van der Waals surface area contributed by atoms with Gasteiger partial charge in [0.15, 0.2) is 0 Å². The average molecular weight is 283 g/mol. The van der Waals surface area contributed by atoms with Crippen molar-refractivity contribution in [2.75, 3.05) is 31.5 Å². The molecule has 0 heterocycles. The fourth-order valence-corrected chi connectivity index (χ4v) is 1.91. The quantitative estimate of drug-likeness (QED) is 0.543. The first kappa shape index (κ1) is 15.8. The van der Waals surface area contributed by atoms with E-state index in [1.807, 2.05) is 0 Å². The van der Waals surface area contributed by atoms with Gasteiger partial charge in [-0.15, -0.1) is 0 Å². The van der Waals surface area contributed by atoms with Gasteiger partial charge in [0.2, 0.25) is 0 Å². The smallest absolute Gasteiger partial charge is 0.299 e. The fraction of sp³-hybridized carbons (Fsp3) is 0.500. The zero-order valence-corrected chi connectivity index (χ0v) is 11.6. The number of benzene rings is 1. The van der Waals surface area contributed by atoms with Crippen LogP contribution in [0.3, 0.4) is 0 Å². The van der Waals surface area contributed by atoms with E-state index >= 15 is 0 Å². The van der Waals surface area contributed by atoms with Crippen molar-refractivity contribution in [3.63, 3.8) is 0 Å². The van der Waals surface area contributed by atoms with Crippen molar-refractivity contribution in [1.82, 2.24) is 0 Å². The molecular weight excluding hydrogens is 264 g/mol. The first-order valence-corrected chi connectivity index (χ1v) is 6.49. The van der Waals surface area contributed by atoms with Gasteiger partial charge < -0.3 is 10.2 Å². The van der Waals surface area contributed by atoms with E-state index in [1.54, 1.807) is 0 Å². The van der Waals surface area contributed by atoms with Gasteiger partial charge in [-0.1, -0.05) is 0 Å². The van der Waals surface area contributed by atoms with Crippen LogP contribution in [0.4, 0.5) is 17.1 Å². The molecule has 8 heteroatoms. The molecule has 8 nitrogen and oxygen atoms in total. The van der Waals surface area contributed by atoms with Crippen LogP contribution in [0.25, 0.3) is 0 Å². The van der Waals surface area contributed by atoms with Crippen LogP contribution in [0.2, 0.25) is 0 Å². The Hall–Kier alpha value is -2.22. The number of anilines is 1. The van der Waals surface area contributed by atoms with Crippen molar-refractivity contribution in [2.24, 2.45) is 0 Å². The minimum absolute atomic E-state index is 0.270. The lowest BCUT2D eigenvalue weighted by atomic mass is 10.2. The second kappa shape index (κ2) is 7.39. The van der Waals surface area contributed by atoms with E-state index in [2.05, 4.69) is 19.2 Å². The SMILES string of the molecule is CC[NH+](CC)CCNc1ccc([N+](=O)[O-])cc1[N+](=O)[O-]. The molecule has 0 aromatic heterocycles. The van der Waals surface area contributed by atoms with Crippen molar-refractivity contribution in [2.45, 2.75) is 13.8 Å². The van der Waals surface area contributed by atoms with Gasteiger partial charge in [0, 0.05) is 6.07 Å². The number of nitrogens with zero attached hydrogens (tertiary/aromatic N) is 2. The molecule has 0 radical (unpaired) electrons. The number of nitro groups is 2. The summed E-state index contributed by atoms with van der Waals surface area (Å²) in [5, 5.41) is 24.5. The first-order chi connectivity index (χ1) is 9.49. The molecule has 1 rings (SSSR count). The van der Waals surface area contributed by atoms with Crippen LogP contribution in [0, 0.1) is 20.2 Å². The number of non-ortho nitro benzene ring substituents is 1. The number of hydrogen-bond donors (Lipinski definition) is 2. The molecule has 0 atom stereocenters. The number of nitrogens with one attached hydrogen (secondary N) is 2. The van der Waals surface area contributed by atoms with Crippen molar-refractivity contribution < 1.29 is 14.7 Å². The van der Waals surface area contributed by atoms with E-state index in [0.717, 1.165) is 25.7 Å². The lowest BCUT2D eigenvalue weighted by Crippen LogP contribution is -3.12. The van der Waals surface area contributed by atoms with Crippen molar-refractivity contribution in [3.05, 3.63) is 38.4 Å². The van der Waals surface area contributed by atoms with Gasteiger partial charge in [-0.05, 0) is 19.9 Å². The van der Waals surface area contributed by atoms with E-state index in [-0.39, 0.29) is 11.4 Å². The molecule has 0 fully saturated rings. The van der Waals surface area contributed by atoms with Gasteiger partial charge in [-0.3, -0.25) is 20.2 Å². The summed E-state index contributed by atoms with van der Waals surface area (Å²) in [7, 11) is 0. The lowest BCUT2D eigenvalue weighted by molar-refractivity contribution is -0.894. The van der Waals surface area contributed by atoms with E-state index in [1.165, 1.54) is 17.0 Å². The molecule has 0 aliphatic rings. The van der Waals surface area contributed by atoms with Gasteiger partial charge in [-0.2, -0.15) is 0 Å². The fourth-order valence-electron chi connectivity index (χ4n) is 1.91. The molecule has 0 spiro atoms. The monoisotopic (exact) mass is 283 g/mol. The molecule has 110 valence electrons. The third-order valence-corrected chi connectivity index (χ3v) is 3.18. The molecule has 0 aliphatic carbocycles. The van der Waals surface area contributed by atoms with Crippen LogP contribution in [0.5, 0.6) is 0 Å². The summed E-state index contributed by atoms with van der Waals surface area (Å²) in [5.41, 5.74) is -0.238. The van der Waals surface area contributed by atoms with Crippen LogP contribution >= 0.6 is 0 Å². The second-order valence-corrected chi connectivity index (χ2v) is 4.35. The molecule has 2 N–H and O–H groups in total. The minimum atomic E-state index is -0.642. The van der Waals surface area contributed by atoms with E-state index < -0.39 is 9.85 Å². The van der Waals surface area contributed by atoms with Crippen LogP contribution < -0.4 is 10.2 Å². The zero-order chi connectivity index (χ0) is 15.1. The lowest BCUT2D eigenvalue weighted by Gasteiger charge is -2.15. The van der Waals surface area contributed by atoms with Crippen molar-refractivity contribution in [3.8, 4) is 0 Å². The number of nitro benzene ring substituents is 2. The van der Waals surface area contributed by atoms with Crippen LogP contribution in [0.1, 0.15) is 13.8 Å². The standard InChI is InChI=1S/C12H18N4O4/c1-3-14(4-2)8-7-13-11-6-5-10(15(17)18)9-12(11)16(19)20/h5-6,9,13H,3-4,7-8H2,1-2H3/p+1. The molecule has 0 unspecified atom stereocenters. The Labute approximate surface area is 116 Å². The summed E-state index contributed by atoms with van der Waals surface area (Å²) in [6, 6.07) is 3.63. The Morgan fingerprint density at radius 1 is 1.15 bits per heavy atom. The molecule has 0 bridgehead atoms. The summed E-state index contributed by atoms with van der Waals surface area (Å²) < 4.78 is 0. The third kappa shape index (κ3) is 4.16. The Bertz CT molecular complexity index is 488. The number of quaternary nitrogens is 1. The predicted octanol–water partition coefficient (Wildman–Crippen LogP) is 0.840. The average Bonchev–Trinajstić information content (AvgIpc) is 2.43. The Balaban J connectivity index is 2.79. The van der Waals surface area contributed by atoms with Crippen LogP contribution in [0.15, 0.2) is 18.2 Å². The number of hydrogen-bond acceptors (Lipinski definition) is 5. The van der Waals surface area contributed by atoms with Gasteiger partial charge in [-0.25, -0.2) is 0 Å². The van der Waals surface area contributed by atoms with Crippen molar-refractivity contribution >= 4 is 17.1 Å². The van der Waals surface area contributed by atoms with Crippen molar-refractivity contribution in [1.29, 1.82) is 0 Å². The summed E-state index contributed by atoms with van der Waals surface area (Å²) in [4.78, 5) is 21.7. The maximum Gasteiger partial charge on any atom is 0.299 e. The molecule has 0 amide bonds. The largest absolute Gasteiger partial charge is 0.374 e. The topological polar surface area (TPSA) is 103 Å².